The maximum Gasteiger partial charge on any atom is 0.0473 e. The molecule has 0 heterocycles. The van der Waals surface area contributed by atoms with Crippen LogP contribution in [0.5, 0.6) is 0 Å². The Labute approximate surface area is 119 Å². The van der Waals surface area contributed by atoms with Gasteiger partial charge in [0.15, 0.2) is 0 Å². The zero-order valence-corrected chi connectivity index (χ0v) is 13.2. The fourth-order valence-electron chi connectivity index (χ4n) is 2.64. The first-order valence-electron chi connectivity index (χ1n) is 7.60. The Balaban J connectivity index is 2.95. The van der Waals surface area contributed by atoms with Crippen molar-refractivity contribution >= 4 is 0 Å². The molecule has 0 aliphatic heterocycles. The van der Waals surface area contributed by atoms with Gasteiger partial charge in [-0.3, -0.25) is 4.90 Å². The van der Waals surface area contributed by atoms with Gasteiger partial charge in [0.1, 0.15) is 0 Å². The second-order valence-electron chi connectivity index (χ2n) is 5.66. The Hall–Kier alpha value is -0.860. The molecule has 2 unspecified atom stereocenters. The third-order valence-electron chi connectivity index (χ3n) is 4.13. The summed E-state index contributed by atoms with van der Waals surface area (Å²) in [5.74, 6) is 0.585. The normalized spacial score (nSPS) is 14.9. The molecule has 2 atom stereocenters. The third-order valence-corrected chi connectivity index (χ3v) is 4.13. The molecular formula is C17H30N2. The Morgan fingerprint density at radius 2 is 1.53 bits per heavy atom. The van der Waals surface area contributed by atoms with Crippen LogP contribution in [-0.4, -0.2) is 24.0 Å². The number of hydrogen-bond acceptors (Lipinski definition) is 2. The molecule has 0 spiro atoms. The van der Waals surface area contributed by atoms with Crippen LogP contribution in [0.1, 0.15) is 64.1 Å². The van der Waals surface area contributed by atoms with Crippen molar-refractivity contribution < 1.29 is 0 Å². The minimum absolute atomic E-state index is 0.334. The molecule has 0 amide bonds. The molecular weight excluding hydrogens is 232 g/mol. The summed E-state index contributed by atoms with van der Waals surface area (Å²) in [6, 6.07) is 9.89. The topological polar surface area (TPSA) is 29.3 Å². The van der Waals surface area contributed by atoms with E-state index in [1.54, 1.807) is 0 Å². The van der Waals surface area contributed by atoms with Crippen LogP contribution in [0.25, 0.3) is 0 Å². The van der Waals surface area contributed by atoms with E-state index in [9.17, 15) is 0 Å². The molecule has 108 valence electrons. The zero-order valence-electron chi connectivity index (χ0n) is 13.2. The Kier molecular flexibility index (Phi) is 6.53. The number of rotatable bonds is 7. The van der Waals surface area contributed by atoms with E-state index in [0.29, 0.717) is 24.5 Å². The summed E-state index contributed by atoms with van der Waals surface area (Å²) in [5, 5.41) is 0. The molecule has 0 aromatic heterocycles. The minimum Gasteiger partial charge on any atom is -0.329 e. The van der Waals surface area contributed by atoms with Crippen LogP contribution in [-0.2, 0) is 0 Å². The van der Waals surface area contributed by atoms with Crippen LogP contribution >= 0.6 is 0 Å². The van der Waals surface area contributed by atoms with E-state index in [1.165, 1.54) is 11.1 Å². The fraction of sp³-hybridized carbons (Fsp3) is 0.647. The zero-order chi connectivity index (χ0) is 14.4. The van der Waals surface area contributed by atoms with Crippen LogP contribution in [0.4, 0.5) is 0 Å². The molecule has 2 heteroatoms. The summed E-state index contributed by atoms with van der Waals surface area (Å²) in [4.78, 5) is 2.50. The van der Waals surface area contributed by atoms with Gasteiger partial charge < -0.3 is 5.73 Å². The first kappa shape index (κ1) is 16.2. The van der Waals surface area contributed by atoms with E-state index in [1.807, 2.05) is 0 Å². The van der Waals surface area contributed by atoms with Gasteiger partial charge in [0.2, 0.25) is 0 Å². The van der Waals surface area contributed by atoms with Crippen molar-refractivity contribution in [1.82, 2.24) is 4.90 Å². The Morgan fingerprint density at radius 1 is 1.00 bits per heavy atom. The van der Waals surface area contributed by atoms with Crippen molar-refractivity contribution in [1.29, 1.82) is 0 Å². The molecule has 0 saturated carbocycles. The molecule has 19 heavy (non-hydrogen) atoms. The second kappa shape index (κ2) is 7.66. The number of hydrogen-bond donors (Lipinski definition) is 1. The Morgan fingerprint density at radius 3 is 1.89 bits per heavy atom. The van der Waals surface area contributed by atoms with Crippen molar-refractivity contribution in [2.24, 2.45) is 5.73 Å². The van der Waals surface area contributed by atoms with Crippen molar-refractivity contribution in [3.8, 4) is 0 Å². The SMILES string of the molecule is CCC(C)N(CC)C(CN)c1ccc(C(C)C)cc1. The average molecular weight is 262 g/mol. The molecule has 2 N–H and O–H groups in total. The molecule has 1 rings (SSSR count). The maximum absolute atomic E-state index is 6.03. The summed E-state index contributed by atoms with van der Waals surface area (Å²) in [7, 11) is 0. The van der Waals surface area contributed by atoms with Crippen LogP contribution in [0.3, 0.4) is 0 Å². The predicted molar refractivity (Wildman–Crippen MR) is 84.5 cm³/mol. The molecule has 1 aromatic rings. The molecule has 0 saturated heterocycles. The highest BCUT2D eigenvalue weighted by Crippen LogP contribution is 2.24. The third kappa shape index (κ3) is 4.05. The van der Waals surface area contributed by atoms with Crippen LogP contribution in [0, 0.1) is 0 Å². The fourth-order valence-corrected chi connectivity index (χ4v) is 2.64. The van der Waals surface area contributed by atoms with Gasteiger partial charge in [0.25, 0.3) is 0 Å². The van der Waals surface area contributed by atoms with Gasteiger partial charge >= 0.3 is 0 Å². The van der Waals surface area contributed by atoms with Crippen LogP contribution in [0.15, 0.2) is 24.3 Å². The standard InChI is InChI=1S/C17H30N2/c1-6-14(5)19(7-2)17(12-18)16-10-8-15(9-11-16)13(3)4/h8-11,13-14,17H,6-7,12,18H2,1-5H3. The van der Waals surface area contributed by atoms with Crippen molar-refractivity contribution in [2.75, 3.05) is 13.1 Å². The summed E-state index contributed by atoms with van der Waals surface area (Å²) >= 11 is 0. The molecule has 0 radical (unpaired) electrons. The molecule has 0 fully saturated rings. The van der Waals surface area contributed by atoms with Gasteiger partial charge in [0, 0.05) is 18.6 Å². The van der Waals surface area contributed by atoms with Crippen LogP contribution in [0.2, 0.25) is 0 Å². The first-order chi connectivity index (χ1) is 9.04. The lowest BCUT2D eigenvalue weighted by Crippen LogP contribution is -2.39. The van der Waals surface area contributed by atoms with Gasteiger partial charge in [-0.25, -0.2) is 0 Å². The van der Waals surface area contributed by atoms with E-state index < -0.39 is 0 Å². The monoisotopic (exact) mass is 262 g/mol. The largest absolute Gasteiger partial charge is 0.329 e. The number of nitrogens with two attached hydrogens (primary N) is 1. The van der Waals surface area contributed by atoms with E-state index in [4.69, 9.17) is 5.73 Å². The summed E-state index contributed by atoms with van der Waals surface area (Å²) in [6.07, 6.45) is 1.16. The number of nitrogens with zero attached hydrogens (tertiary/aromatic N) is 1. The maximum atomic E-state index is 6.03. The summed E-state index contributed by atoms with van der Waals surface area (Å²) in [6.45, 7) is 12.9. The molecule has 2 nitrogen and oxygen atoms in total. The number of benzene rings is 1. The lowest BCUT2D eigenvalue weighted by molar-refractivity contribution is 0.152. The van der Waals surface area contributed by atoms with Crippen molar-refractivity contribution in [3.05, 3.63) is 35.4 Å². The van der Waals surface area contributed by atoms with Gasteiger partial charge in [-0.15, -0.1) is 0 Å². The van der Waals surface area contributed by atoms with Crippen molar-refractivity contribution in [2.45, 2.75) is 59.0 Å². The summed E-state index contributed by atoms with van der Waals surface area (Å²) in [5.41, 5.74) is 8.77. The van der Waals surface area contributed by atoms with E-state index in [0.717, 1.165) is 13.0 Å². The highest BCUT2D eigenvalue weighted by molar-refractivity contribution is 5.27. The smallest absolute Gasteiger partial charge is 0.0473 e. The highest BCUT2D eigenvalue weighted by atomic mass is 15.2. The van der Waals surface area contributed by atoms with Gasteiger partial charge in [-0.1, -0.05) is 52.0 Å². The molecule has 0 aliphatic rings. The predicted octanol–water partition coefficient (Wildman–Crippen LogP) is 3.93. The molecule has 0 bridgehead atoms. The van der Waals surface area contributed by atoms with Crippen molar-refractivity contribution in [3.63, 3.8) is 0 Å². The summed E-state index contributed by atoms with van der Waals surface area (Å²) < 4.78 is 0. The molecule has 1 aromatic carbocycles. The lowest BCUT2D eigenvalue weighted by atomic mass is 9.97. The molecule has 0 aliphatic carbocycles. The number of likely N-dealkylation sites (N-methyl/N-ethyl adjacent to an activating group) is 1. The quantitative estimate of drug-likeness (QED) is 0.806. The Bertz CT molecular complexity index is 356. The second-order valence-corrected chi connectivity index (χ2v) is 5.66. The van der Waals surface area contributed by atoms with E-state index >= 15 is 0 Å². The van der Waals surface area contributed by atoms with Gasteiger partial charge in [0.05, 0.1) is 0 Å². The van der Waals surface area contributed by atoms with Crippen LogP contribution < -0.4 is 5.73 Å². The lowest BCUT2D eigenvalue weighted by Gasteiger charge is -2.35. The van der Waals surface area contributed by atoms with Gasteiger partial charge in [-0.2, -0.15) is 0 Å². The minimum atomic E-state index is 0.334. The first-order valence-corrected chi connectivity index (χ1v) is 7.60. The highest BCUT2D eigenvalue weighted by Gasteiger charge is 2.21. The van der Waals surface area contributed by atoms with Gasteiger partial charge in [-0.05, 0) is 36.9 Å². The average Bonchev–Trinajstić information content (AvgIpc) is 2.44. The van der Waals surface area contributed by atoms with E-state index in [-0.39, 0.29) is 0 Å². The van der Waals surface area contributed by atoms with E-state index in [2.05, 4.69) is 63.8 Å².